The number of benzene rings is 2. The molecule has 0 unspecified atom stereocenters. The normalized spacial score (nSPS) is 11.6. The lowest BCUT2D eigenvalue weighted by Gasteiger charge is -2.17. The van der Waals surface area contributed by atoms with Crippen molar-refractivity contribution in [1.29, 1.82) is 0 Å². The van der Waals surface area contributed by atoms with E-state index < -0.39 is 5.97 Å². The molecule has 126 valence electrons. The fourth-order valence-corrected chi connectivity index (χ4v) is 2.48. The molecule has 0 aliphatic rings. The van der Waals surface area contributed by atoms with Crippen LogP contribution in [-0.2, 0) is 9.53 Å². The van der Waals surface area contributed by atoms with Gasteiger partial charge in [-0.2, -0.15) is 0 Å². The van der Waals surface area contributed by atoms with Gasteiger partial charge in [-0.25, -0.2) is 4.79 Å². The number of hydrogen-bond donors (Lipinski definition) is 1. The van der Waals surface area contributed by atoms with E-state index >= 15 is 0 Å². The van der Waals surface area contributed by atoms with Crippen molar-refractivity contribution < 1.29 is 14.3 Å². The van der Waals surface area contributed by atoms with Gasteiger partial charge in [-0.05, 0) is 37.1 Å². The van der Waals surface area contributed by atoms with Gasteiger partial charge < -0.3 is 10.1 Å². The quantitative estimate of drug-likeness (QED) is 0.803. The molecule has 1 amide bonds. The summed E-state index contributed by atoms with van der Waals surface area (Å²) in [6, 6.07) is 14.3. The second kappa shape index (κ2) is 8.50. The highest BCUT2D eigenvalue weighted by atomic mass is 35.5. The first-order chi connectivity index (χ1) is 11.5. The van der Waals surface area contributed by atoms with E-state index in [1.165, 1.54) is 6.07 Å². The number of rotatable bonds is 6. The summed E-state index contributed by atoms with van der Waals surface area (Å²) in [6.07, 6.45) is 0.747. The highest BCUT2D eigenvalue weighted by Crippen LogP contribution is 2.17. The summed E-state index contributed by atoms with van der Waals surface area (Å²) in [6.45, 7) is 3.68. The molecule has 0 spiro atoms. The SMILES string of the molecule is CC[C@@H](NC(=O)COC(=O)c1cccc(Cl)c1)c1ccc(C)cc1. The summed E-state index contributed by atoms with van der Waals surface area (Å²) >= 11 is 5.83. The topological polar surface area (TPSA) is 55.4 Å². The average molecular weight is 346 g/mol. The Morgan fingerprint density at radius 3 is 2.50 bits per heavy atom. The first kappa shape index (κ1) is 18.0. The van der Waals surface area contributed by atoms with Gasteiger partial charge >= 0.3 is 5.97 Å². The van der Waals surface area contributed by atoms with Gasteiger partial charge in [-0.1, -0.05) is 54.4 Å². The number of carbonyl (C=O) groups is 2. The summed E-state index contributed by atoms with van der Waals surface area (Å²) < 4.78 is 5.04. The maximum absolute atomic E-state index is 12.0. The second-order valence-electron chi connectivity index (χ2n) is 5.53. The summed E-state index contributed by atoms with van der Waals surface area (Å²) in [5, 5.41) is 3.32. The third-order valence-electron chi connectivity index (χ3n) is 3.62. The number of halogens is 1. The van der Waals surface area contributed by atoms with Gasteiger partial charge in [0.25, 0.3) is 5.91 Å². The second-order valence-corrected chi connectivity index (χ2v) is 5.96. The Labute approximate surface area is 146 Å². The Morgan fingerprint density at radius 2 is 1.88 bits per heavy atom. The molecule has 24 heavy (non-hydrogen) atoms. The number of carbonyl (C=O) groups excluding carboxylic acids is 2. The molecule has 2 aromatic carbocycles. The molecule has 2 aromatic rings. The van der Waals surface area contributed by atoms with Crippen LogP contribution >= 0.6 is 11.6 Å². The fraction of sp³-hybridized carbons (Fsp3) is 0.263. The van der Waals surface area contributed by atoms with Gasteiger partial charge in [0.2, 0.25) is 0 Å². The molecule has 0 aliphatic heterocycles. The predicted octanol–water partition coefficient (Wildman–Crippen LogP) is 4.07. The highest BCUT2D eigenvalue weighted by molar-refractivity contribution is 6.30. The molecule has 0 heterocycles. The average Bonchev–Trinajstić information content (AvgIpc) is 2.58. The maximum Gasteiger partial charge on any atom is 0.338 e. The molecule has 5 heteroatoms. The van der Waals surface area contributed by atoms with Crippen molar-refractivity contribution in [2.75, 3.05) is 6.61 Å². The molecule has 0 fully saturated rings. The summed E-state index contributed by atoms with van der Waals surface area (Å²) in [4.78, 5) is 23.9. The largest absolute Gasteiger partial charge is 0.452 e. The van der Waals surface area contributed by atoms with Crippen LogP contribution in [-0.4, -0.2) is 18.5 Å². The van der Waals surface area contributed by atoms with Crippen molar-refractivity contribution in [1.82, 2.24) is 5.32 Å². The smallest absolute Gasteiger partial charge is 0.338 e. The molecular formula is C19H20ClNO3. The Balaban J connectivity index is 1.89. The van der Waals surface area contributed by atoms with Crippen molar-refractivity contribution in [3.8, 4) is 0 Å². The summed E-state index contributed by atoms with van der Waals surface area (Å²) in [7, 11) is 0. The fourth-order valence-electron chi connectivity index (χ4n) is 2.29. The van der Waals surface area contributed by atoms with Crippen LogP contribution in [0.3, 0.4) is 0 Å². The lowest BCUT2D eigenvalue weighted by atomic mass is 10.0. The van der Waals surface area contributed by atoms with Crippen molar-refractivity contribution in [3.05, 3.63) is 70.2 Å². The van der Waals surface area contributed by atoms with Gasteiger partial charge in [0.1, 0.15) is 0 Å². The van der Waals surface area contributed by atoms with Gasteiger partial charge in [0.05, 0.1) is 11.6 Å². The van der Waals surface area contributed by atoms with E-state index in [0.29, 0.717) is 10.6 Å². The van der Waals surface area contributed by atoms with Crippen LogP contribution < -0.4 is 5.32 Å². The van der Waals surface area contributed by atoms with Crippen LogP contribution in [0.15, 0.2) is 48.5 Å². The highest BCUT2D eigenvalue weighted by Gasteiger charge is 2.15. The maximum atomic E-state index is 12.0. The lowest BCUT2D eigenvalue weighted by Crippen LogP contribution is -2.32. The van der Waals surface area contributed by atoms with Crippen molar-refractivity contribution >= 4 is 23.5 Å². The van der Waals surface area contributed by atoms with Crippen molar-refractivity contribution in [2.24, 2.45) is 0 Å². The molecular weight excluding hydrogens is 326 g/mol. The number of aryl methyl sites for hydroxylation is 1. The molecule has 0 saturated heterocycles. The van der Waals surface area contributed by atoms with E-state index in [4.69, 9.17) is 16.3 Å². The number of amides is 1. The van der Waals surface area contributed by atoms with Crippen LogP contribution in [0.5, 0.6) is 0 Å². The molecule has 1 atom stereocenters. The Morgan fingerprint density at radius 1 is 1.17 bits per heavy atom. The van der Waals surface area contributed by atoms with Gasteiger partial charge in [-0.15, -0.1) is 0 Å². The van der Waals surface area contributed by atoms with Gasteiger partial charge in [0.15, 0.2) is 6.61 Å². The van der Waals surface area contributed by atoms with E-state index in [0.717, 1.165) is 17.5 Å². The Bertz CT molecular complexity index is 713. The van der Waals surface area contributed by atoms with Crippen LogP contribution in [0.4, 0.5) is 0 Å². The van der Waals surface area contributed by atoms with Crippen molar-refractivity contribution in [2.45, 2.75) is 26.3 Å². The molecule has 0 aliphatic carbocycles. The van der Waals surface area contributed by atoms with Crippen LogP contribution in [0.2, 0.25) is 5.02 Å². The van der Waals surface area contributed by atoms with E-state index in [9.17, 15) is 9.59 Å². The van der Waals surface area contributed by atoms with E-state index in [2.05, 4.69) is 5.32 Å². The van der Waals surface area contributed by atoms with E-state index in [-0.39, 0.29) is 18.6 Å². The molecule has 4 nitrogen and oxygen atoms in total. The molecule has 0 saturated carbocycles. The number of hydrogen-bond acceptors (Lipinski definition) is 3. The molecule has 1 N–H and O–H groups in total. The zero-order valence-electron chi connectivity index (χ0n) is 13.7. The minimum Gasteiger partial charge on any atom is -0.452 e. The molecule has 2 rings (SSSR count). The minimum absolute atomic E-state index is 0.108. The minimum atomic E-state index is -0.573. The van der Waals surface area contributed by atoms with E-state index in [1.807, 2.05) is 38.1 Å². The van der Waals surface area contributed by atoms with Crippen LogP contribution in [0.1, 0.15) is 40.9 Å². The number of nitrogens with one attached hydrogen (secondary N) is 1. The molecule has 0 radical (unpaired) electrons. The lowest BCUT2D eigenvalue weighted by molar-refractivity contribution is -0.125. The standard InChI is InChI=1S/C19H20ClNO3/c1-3-17(14-9-7-13(2)8-10-14)21-18(22)12-24-19(23)15-5-4-6-16(20)11-15/h4-11,17H,3,12H2,1-2H3,(H,21,22)/t17-/m1/s1. The monoisotopic (exact) mass is 345 g/mol. The Hall–Kier alpha value is -2.33. The zero-order valence-corrected chi connectivity index (χ0v) is 14.5. The van der Waals surface area contributed by atoms with Gasteiger partial charge in [0, 0.05) is 5.02 Å². The van der Waals surface area contributed by atoms with Crippen LogP contribution in [0, 0.1) is 6.92 Å². The predicted molar refractivity (Wildman–Crippen MR) is 94.1 cm³/mol. The number of ether oxygens (including phenoxy) is 1. The van der Waals surface area contributed by atoms with Gasteiger partial charge in [-0.3, -0.25) is 4.79 Å². The number of esters is 1. The first-order valence-corrected chi connectivity index (χ1v) is 8.16. The summed E-state index contributed by atoms with van der Waals surface area (Å²) in [5.41, 5.74) is 2.51. The zero-order chi connectivity index (χ0) is 17.5. The molecule has 0 aromatic heterocycles. The first-order valence-electron chi connectivity index (χ1n) is 7.78. The van der Waals surface area contributed by atoms with E-state index in [1.54, 1.807) is 18.2 Å². The van der Waals surface area contributed by atoms with Crippen molar-refractivity contribution in [3.63, 3.8) is 0 Å². The third kappa shape index (κ3) is 5.10. The third-order valence-corrected chi connectivity index (χ3v) is 3.85. The summed E-state index contributed by atoms with van der Waals surface area (Å²) in [5.74, 6) is -0.908. The Kier molecular flexibility index (Phi) is 6.38. The van der Waals surface area contributed by atoms with Crippen LogP contribution in [0.25, 0.3) is 0 Å². The molecule has 0 bridgehead atoms.